The Bertz CT molecular complexity index is 787. The van der Waals surface area contributed by atoms with Crippen LogP contribution in [-0.4, -0.2) is 40.9 Å². The molecule has 3 rings (SSSR count). The van der Waals surface area contributed by atoms with Gasteiger partial charge in [0, 0.05) is 31.7 Å². The van der Waals surface area contributed by atoms with Crippen LogP contribution in [0.4, 0.5) is 5.69 Å². The molecule has 1 N–H and O–H groups in total. The van der Waals surface area contributed by atoms with Crippen LogP contribution in [0.25, 0.3) is 0 Å². The number of rotatable bonds is 4. The maximum Gasteiger partial charge on any atom is 0.271 e. The molecular weight excluding hydrogens is 331 g/mol. The van der Waals surface area contributed by atoms with Gasteiger partial charge in [0.05, 0.1) is 11.9 Å². The minimum absolute atomic E-state index is 0.0428. The highest BCUT2D eigenvalue weighted by molar-refractivity contribution is 7.15. The van der Waals surface area contributed by atoms with Gasteiger partial charge >= 0.3 is 0 Å². The first-order valence-corrected chi connectivity index (χ1v) is 9.56. The van der Waals surface area contributed by atoms with Gasteiger partial charge in [-0.15, -0.1) is 9.24 Å². The molecule has 2 heterocycles. The van der Waals surface area contributed by atoms with E-state index in [-0.39, 0.29) is 5.56 Å². The highest BCUT2D eigenvalue weighted by Gasteiger charge is 2.27. The number of likely N-dealkylation sites (tertiary alicyclic amines) is 1. The van der Waals surface area contributed by atoms with Crippen LogP contribution in [0.1, 0.15) is 29.0 Å². The van der Waals surface area contributed by atoms with E-state index in [1.165, 1.54) is 15.8 Å². The highest BCUT2D eigenvalue weighted by Crippen LogP contribution is 2.28. The molecule has 0 aliphatic carbocycles. The number of benzene rings is 1. The topological polar surface area (TPSA) is 50.2 Å². The Morgan fingerprint density at radius 2 is 1.96 bits per heavy atom. The molecule has 0 spiro atoms. The van der Waals surface area contributed by atoms with E-state index >= 15 is 0 Å². The van der Waals surface area contributed by atoms with Crippen molar-refractivity contribution in [1.82, 2.24) is 14.7 Å². The van der Waals surface area contributed by atoms with Crippen LogP contribution in [0, 0.1) is 6.92 Å². The number of piperidine rings is 1. The van der Waals surface area contributed by atoms with Gasteiger partial charge in [-0.05, 0) is 43.6 Å². The zero-order chi connectivity index (χ0) is 18.0. The van der Waals surface area contributed by atoms with Crippen LogP contribution in [0.5, 0.6) is 0 Å². The Morgan fingerprint density at radius 3 is 2.64 bits per heavy atom. The average Bonchev–Trinajstić information content (AvgIpc) is 2.62. The summed E-state index contributed by atoms with van der Waals surface area (Å²) in [5.74, 6) is 0.495. The second-order valence-electron chi connectivity index (χ2n) is 7.05. The zero-order valence-corrected chi connectivity index (χ0v) is 16.4. The summed E-state index contributed by atoms with van der Waals surface area (Å²) in [6.07, 6.45) is 3.80. The van der Waals surface area contributed by atoms with Gasteiger partial charge in [-0.2, -0.15) is 5.10 Å². The van der Waals surface area contributed by atoms with Crippen LogP contribution >= 0.6 is 9.24 Å². The van der Waals surface area contributed by atoms with Gasteiger partial charge in [-0.25, -0.2) is 4.68 Å². The highest BCUT2D eigenvalue weighted by atomic mass is 31.0. The molecule has 0 saturated carbocycles. The fraction of sp³-hybridized carbons (Fsp3) is 0.474. The normalized spacial score (nSPS) is 21.3. The molecule has 0 bridgehead atoms. The van der Waals surface area contributed by atoms with Crippen LogP contribution in [-0.2, 0) is 13.2 Å². The summed E-state index contributed by atoms with van der Waals surface area (Å²) in [5.41, 5.74) is 4.26. The van der Waals surface area contributed by atoms with Gasteiger partial charge in [-0.1, -0.05) is 24.3 Å². The lowest BCUT2D eigenvalue weighted by molar-refractivity contribution is 0.235. The number of likely N-dealkylation sites (N-methyl/N-ethyl adjacent to an activating group) is 1. The Hall–Kier alpha value is -1.71. The lowest BCUT2D eigenvalue weighted by Crippen LogP contribution is -2.43. The van der Waals surface area contributed by atoms with E-state index in [1.807, 2.05) is 6.92 Å². The standard InChI is InChI=1S/C19H27N4OP/c1-13-18(9-20-23(3)19(13)24)21-17-8-16(10-22(2)11-17)15-6-4-14(12-25)5-7-15/h4-7,9,16-17,21H,8,10-12,25H2,1-3H3. The van der Waals surface area contributed by atoms with Gasteiger partial charge in [-0.3, -0.25) is 4.79 Å². The molecule has 6 heteroatoms. The Labute approximate surface area is 151 Å². The molecule has 1 fully saturated rings. The zero-order valence-electron chi connectivity index (χ0n) is 15.2. The maximum atomic E-state index is 12.1. The van der Waals surface area contributed by atoms with Crippen molar-refractivity contribution in [3.05, 3.63) is 57.5 Å². The lowest BCUT2D eigenvalue weighted by Gasteiger charge is -2.37. The van der Waals surface area contributed by atoms with Crippen molar-refractivity contribution in [3.8, 4) is 0 Å². The summed E-state index contributed by atoms with van der Waals surface area (Å²) in [6, 6.07) is 9.25. The molecule has 3 unspecified atom stereocenters. The molecular formula is C19H27N4OP. The second kappa shape index (κ2) is 7.67. The summed E-state index contributed by atoms with van der Waals surface area (Å²) in [7, 11) is 6.61. The lowest BCUT2D eigenvalue weighted by atomic mass is 9.88. The van der Waals surface area contributed by atoms with E-state index < -0.39 is 0 Å². The molecule has 3 atom stereocenters. The molecule has 0 radical (unpaired) electrons. The number of nitrogens with one attached hydrogen (secondary N) is 1. The third-order valence-corrected chi connectivity index (χ3v) is 5.53. The number of nitrogens with zero attached hydrogens (tertiary/aromatic N) is 3. The largest absolute Gasteiger partial charge is 0.379 e. The molecule has 1 aromatic carbocycles. The van der Waals surface area contributed by atoms with Crippen LogP contribution in [0.2, 0.25) is 0 Å². The summed E-state index contributed by atoms with van der Waals surface area (Å²) in [6.45, 7) is 3.89. The van der Waals surface area contributed by atoms with Gasteiger partial charge in [0.2, 0.25) is 0 Å². The summed E-state index contributed by atoms with van der Waals surface area (Å²) in [5, 5.41) is 7.70. The van der Waals surface area contributed by atoms with Gasteiger partial charge in [0.25, 0.3) is 5.56 Å². The molecule has 2 aromatic rings. The average molecular weight is 358 g/mol. The molecule has 1 aromatic heterocycles. The summed E-state index contributed by atoms with van der Waals surface area (Å²) >= 11 is 0. The summed E-state index contributed by atoms with van der Waals surface area (Å²) in [4.78, 5) is 14.5. The Balaban J connectivity index is 1.76. The van der Waals surface area contributed by atoms with Crippen molar-refractivity contribution in [1.29, 1.82) is 0 Å². The van der Waals surface area contributed by atoms with E-state index in [2.05, 4.69) is 55.9 Å². The van der Waals surface area contributed by atoms with Crippen LogP contribution in [0.3, 0.4) is 0 Å². The molecule has 1 aliphatic heterocycles. The van der Waals surface area contributed by atoms with E-state index in [1.54, 1.807) is 13.2 Å². The molecule has 0 amide bonds. The monoisotopic (exact) mass is 358 g/mol. The van der Waals surface area contributed by atoms with Crippen molar-refractivity contribution in [2.75, 3.05) is 25.5 Å². The van der Waals surface area contributed by atoms with Crippen LogP contribution < -0.4 is 10.9 Å². The number of hydrogen-bond acceptors (Lipinski definition) is 4. The van der Waals surface area contributed by atoms with Gasteiger partial charge in [0.15, 0.2) is 0 Å². The minimum Gasteiger partial charge on any atom is -0.379 e. The number of aryl methyl sites for hydroxylation is 1. The van der Waals surface area contributed by atoms with E-state index in [0.717, 1.165) is 36.9 Å². The first-order valence-electron chi connectivity index (χ1n) is 8.75. The first kappa shape index (κ1) is 18.1. The second-order valence-corrected chi connectivity index (χ2v) is 7.46. The van der Waals surface area contributed by atoms with Gasteiger partial charge in [0.1, 0.15) is 0 Å². The fourth-order valence-corrected chi connectivity index (χ4v) is 3.88. The van der Waals surface area contributed by atoms with Gasteiger partial charge < -0.3 is 10.2 Å². The Kier molecular flexibility index (Phi) is 5.55. The predicted molar refractivity (Wildman–Crippen MR) is 106 cm³/mol. The van der Waals surface area contributed by atoms with Crippen molar-refractivity contribution in [2.45, 2.75) is 31.5 Å². The SMILES string of the molecule is Cc1c(NC2CC(c3ccc(CP)cc3)CN(C)C2)cnn(C)c1=O. The molecule has 25 heavy (non-hydrogen) atoms. The quantitative estimate of drug-likeness (QED) is 0.853. The molecule has 1 saturated heterocycles. The maximum absolute atomic E-state index is 12.1. The third-order valence-electron chi connectivity index (χ3n) is 5.06. The van der Waals surface area contributed by atoms with Crippen molar-refractivity contribution in [2.24, 2.45) is 7.05 Å². The minimum atomic E-state index is -0.0428. The summed E-state index contributed by atoms with van der Waals surface area (Å²) < 4.78 is 1.38. The van der Waals surface area contributed by atoms with E-state index in [0.29, 0.717) is 12.0 Å². The first-order chi connectivity index (χ1) is 12.0. The number of anilines is 1. The molecule has 5 nitrogen and oxygen atoms in total. The van der Waals surface area contributed by atoms with Crippen molar-refractivity contribution >= 4 is 14.9 Å². The van der Waals surface area contributed by atoms with Crippen LogP contribution in [0.15, 0.2) is 35.3 Å². The van der Waals surface area contributed by atoms with Crippen molar-refractivity contribution < 1.29 is 0 Å². The predicted octanol–water partition coefficient (Wildman–Crippen LogP) is 2.36. The number of aromatic nitrogens is 2. The Morgan fingerprint density at radius 1 is 1.24 bits per heavy atom. The fourth-order valence-electron chi connectivity index (χ4n) is 3.61. The van der Waals surface area contributed by atoms with Crippen molar-refractivity contribution in [3.63, 3.8) is 0 Å². The molecule has 1 aliphatic rings. The van der Waals surface area contributed by atoms with E-state index in [4.69, 9.17) is 0 Å². The molecule has 134 valence electrons. The van der Waals surface area contributed by atoms with E-state index in [9.17, 15) is 4.79 Å². The third kappa shape index (κ3) is 4.10. The number of hydrogen-bond donors (Lipinski definition) is 1. The smallest absolute Gasteiger partial charge is 0.271 e.